The van der Waals surface area contributed by atoms with Gasteiger partial charge in [-0.15, -0.1) is 0 Å². The van der Waals surface area contributed by atoms with Crippen LogP contribution in [0.15, 0.2) is 34.7 Å². The molecule has 3 nitrogen and oxygen atoms in total. The van der Waals surface area contributed by atoms with Crippen LogP contribution in [-0.4, -0.2) is 10.2 Å². The zero-order valence-electron chi connectivity index (χ0n) is 9.81. The number of hydrogen-bond acceptors (Lipinski definition) is 3. The summed E-state index contributed by atoms with van der Waals surface area (Å²) in [5, 5.41) is 19.3. The van der Waals surface area contributed by atoms with Crippen molar-refractivity contribution in [2.45, 2.75) is 26.2 Å². The number of benzene rings is 1. The number of phenolic OH excluding ortho intramolecular Hbond substituents is 2. The summed E-state index contributed by atoms with van der Waals surface area (Å²) in [7, 11) is 0. The molecule has 0 aliphatic heterocycles. The molecule has 0 fully saturated rings. The average Bonchev–Trinajstić information content (AvgIpc) is 2.76. The molecule has 2 aromatic rings. The topological polar surface area (TPSA) is 53.6 Å². The predicted octanol–water partition coefficient (Wildman–Crippen LogP) is 3.04. The highest BCUT2D eigenvalue weighted by atomic mass is 16.3. The summed E-state index contributed by atoms with van der Waals surface area (Å²) in [4.78, 5) is 0. The van der Waals surface area contributed by atoms with E-state index in [1.54, 1.807) is 18.2 Å². The van der Waals surface area contributed by atoms with Crippen LogP contribution >= 0.6 is 0 Å². The molecule has 2 rings (SSSR count). The van der Waals surface area contributed by atoms with Crippen LogP contribution in [0.25, 0.3) is 0 Å². The Morgan fingerprint density at radius 3 is 2.18 bits per heavy atom. The van der Waals surface area contributed by atoms with E-state index in [4.69, 9.17) is 4.42 Å². The molecule has 0 spiro atoms. The summed E-state index contributed by atoms with van der Waals surface area (Å²) in [5.74, 6) is 2.10. The van der Waals surface area contributed by atoms with Gasteiger partial charge < -0.3 is 14.6 Å². The van der Waals surface area contributed by atoms with E-state index in [2.05, 4.69) is 0 Å². The molecule has 1 heterocycles. The van der Waals surface area contributed by atoms with Crippen LogP contribution < -0.4 is 0 Å². The molecule has 0 atom stereocenters. The van der Waals surface area contributed by atoms with Crippen LogP contribution in [0.2, 0.25) is 0 Å². The molecule has 0 aliphatic rings. The van der Waals surface area contributed by atoms with Gasteiger partial charge in [-0.05, 0) is 30.7 Å². The van der Waals surface area contributed by atoms with Crippen LogP contribution in [0, 0.1) is 0 Å². The van der Waals surface area contributed by atoms with Gasteiger partial charge in [0.15, 0.2) is 0 Å². The molecule has 17 heavy (non-hydrogen) atoms. The van der Waals surface area contributed by atoms with Gasteiger partial charge in [0.1, 0.15) is 23.0 Å². The van der Waals surface area contributed by atoms with Gasteiger partial charge in [-0.3, -0.25) is 0 Å². The molecule has 0 saturated heterocycles. The van der Waals surface area contributed by atoms with Crippen molar-refractivity contribution >= 4 is 0 Å². The number of furan rings is 1. The lowest BCUT2D eigenvalue weighted by Crippen LogP contribution is -1.91. The first kappa shape index (κ1) is 11.6. The van der Waals surface area contributed by atoms with E-state index in [1.165, 1.54) is 0 Å². The summed E-state index contributed by atoms with van der Waals surface area (Å²) in [6.45, 7) is 2.04. The fraction of sp³-hybridized carbons (Fsp3) is 0.286. The molecule has 1 aromatic carbocycles. The maximum Gasteiger partial charge on any atom is 0.122 e. The maximum absolute atomic E-state index is 9.63. The molecule has 3 heteroatoms. The lowest BCUT2D eigenvalue weighted by molar-refractivity contribution is 0.432. The monoisotopic (exact) mass is 232 g/mol. The number of aromatic hydroxyl groups is 2. The second kappa shape index (κ2) is 4.95. The van der Waals surface area contributed by atoms with Crippen LogP contribution in [0.3, 0.4) is 0 Å². The fourth-order valence-corrected chi connectivity index (χ4v) is 1.81. The van der Waals surface area contributed by atoms with Gasteiger partial charge in [0.25, 0.3) is 0 Å². The highest BCUT2D eigenvalue weighted by molar-refractivity contribution is 5.43. The van der Waals surface area contributed by atoms with E-state index in [9.17, 15) is 10.2 Å². The first-order chi connectivity index (χ1) is 8.20. The molecule has 0 bridgehead atoms. The molecule has 2 N–H and O–H groups in total. The molecule has 0 aliphatic carbocycles. The van der Waals surface area contributed by atoms with Gasteiger partial charge in [-0.1, -0.05) is 13.0 Å². The van der Waals surface area contributed by atoms with Crippen LogP contribution in [-0.2, 0) is 19.3 Å². The normalized spacial score (nSPS) is 10.6. The summed E-state index contributed by atoms with van der Waals surface area (Å²) in [6.07, 6.45) is 2.11. The summed E-state index contributed by atoms with van der Waals surface area (Å²) < 4.78 is 5.57. The average molecular weight is 232 g/mol. The second-order valence-electron chi connectivity index (χ2n) is 4.00. The van der Waals surface area contributed by atoms with Gasteiger partial charge >= 0.3 is 0 Å². The first-order valence-corrected chi connectivity index (χ1v) is 5.78. The van der Waals surface area contributed by atoms with Gasteiger partial charge in [0.05, 0.1) is 0 Å². The standard InChI is InChI=1S/C14H16O3/c1-2-10-6-7-11(17-10)8-9-12-13(15)4-3-5-14(12)16/h3-7,15-16H,2,8-9H2,1H3. The third-order valence-electron chi connectivity index (χ3n) is 2.81. The molecular formula is C14H16O3. The fourth-order valence-electron chi connectivity index (χ4n) is 1.81. The molecule has 1 aromatic heterocycles. The number of rotatable bonds is 4. The number of phenols is 2. The minimum atomic E-state index is 0.132. The van der Waals surface area contributed by atoms with E-state index >= 15 is 0 Å². The summed E-state index contributed by atoms with van der Waals surface area (Å²) in [6, 6.07) is 8.68. The van der Waals surface area contributed by atoms with Crippen molar-refractivity contribution in [3.8, 4) is 11.5 Å². The quantitative estimate of drug-likeness (QED) is 0.851. The summed E-state index contributed by atoms with van der Waals surface area (Å²) in [5.41, 5.74) is 0.571. The minimum absolute atomic E-state index is 0.132. The molecule has 0 saturated carbocycles. The van der Waals surface area contributed by atoms with Crippen molar-refractivity contribution in [3.05, 3.63) is 47.4 Å². The lowest BCUT2D eigenvalue weighted by atomic mass is 10.1. The zero-order chi connectivity index (χ0) is 12.3. The SMILES string of the molecule is CCc1ccc(CCc2c(O)cccc2O)o1. The van der Waals surface area contributed by atoms with Crippen molar-refractivity contribution < 1.29 is 14.6 Å². The minimum Gasteiger partial charge on any atom is -0.508 e. The van der Waals surface area contributed by atoms with Gasteiger partial charge in [-0.25, -0.2) is 0 Å². The highest BCUT2D eigenvalue weighted by Gasteiger charge is 2.08. The van der Waals surface area contributed by atoms with Crippen LogP contribution in [0.4, 0.5) is 0 Å². The third-order valence-corrected chi connectivity index (χ3v) is 2.81. The Morgan fingerprint density at radius 2 is 1.59 bits per heavy atom. The smallest absolute Gasteiger partial charge is 0.122 e. The van der Waals surface area contributed by atoms with Gasteiger partial charge in [0, 0.05) is 18.4 Å². The van der Waals surface area contributed by atoms with Crippen molar-refractivity contribution in [3.63, 3.8) is 0 Å². The second-order valence-corrected chi connectivity index (χ2v) is 4.00. The Hall–Kier alpha value is -1.90. The van der Waals surface area contributed by atoms with E-state index in [0.717, 1.165) is 17.9 Å². The Bertz CT molecular complexity index is 480. The van der Waals surface area contributed by atoms with E-state index in [-0.39, 0.29) is 11.5 Å². The third kappa shape index (κ3) is 2.61. The van der Waals surface area contributed by atoms with Crippen LogP contribution in [0.1, 0.15) is 24.0 Å². The Labute approximate surface area is 100 Å². The Morgan fingerprint density at radius 1 is 0.941 bits per heavy atom. The highest BCUT2D eigenvalue weighted by Crippen LogP contribution is 2.27. The van der Waals surface area contributed by atoms with E-state index in [1.807, 2.05) is 19.1 Å². The van der Waals surface area contributed by atoms with Gasteiger partial charge in [-0.2, -0.15) is 0 Å². The molecule has 0 radical (unpaired) electrons. The first-order valence-electron chi connectivity index (χ1n) is 5.78. The van der Waals surface area contributed by atoms with Crippen molar-refractivity contribution in [1.82, 2.24) is 0 Å². The number of aryl methyl sites for hydroxylation is 2. The molecule has 90 valence electrons. The number of hydrogen-bond donors (Lipinski definition) is 2. The van der Waals surface area contributed by atoms with E-state index < -0.39 is 0 Å². The van der Waals surface area contributed by atoms with E-state index in [0.29, 0.717) is 18.4 Å². The predicted molar refractivity (Wildman–Crippen MR) is 65.3 cm³/mol. The largest absolute Gasteiger partial charge is 0.508 e. The van der Waals surface area contributed by atoms with Crippen molar-refractivity contribution in [1.29, 1.82) is 0 Å². The van der Waals surface area contributed by atoms with Crippen molar-refractivity contribution in [2.24, 2.45) is 0 Å². The molecule has 0 unspecified atom stereocenters. The lowest BCUT2D eigenvalue weighted by Gasteiger charge is -2.05. The summed E-state index contributed by atoms with van der Waals surface area (Å²) >= 11 is 0. The molecule has 0 amide bonds. The zero-order valence-corrected chi connectivity index (χ0v) is 9.81. The maximum atomic E-state index is 9.63. The Kier molecular flexibility index (Phi) is 3.38. The van der Waals surface area contributed by atoms with Gasteiger partial charge in [0.2, 0.25) is 0 Å². The van der Waals surface area contributed by atoms with Crippen molar-refractivity contribution in [2.75, 3.05) is 0 Å². The molecular weight excluding hydrogens is 216 g/mol. The van der Waals surface area contributed by atoms with Crippen LogP contribution in [0.5, 0.6) is 11.5 Å². The Balaban J connectivity index is 2.07.